The maximum atomic E-state index is 12.7. The average molecular weight is 463 g/mol. The number of hydrogen-bond donors (Lipinski definition) is 2. The summed E-state index contributed by atoms with van der Waals surface area (Å²) in [5.74, 6) is 0.398. The fraction of sp³-hybridized carbons (Fsp3) is 0.192. The first-order valence-electron chi connectivity index (χ1n) is 10.8. The van der Waals surface area contributed by atoms with Crippen LogP contribution in [0.3, 0.4) is 0 Å². The molecular formula is C26H26N2O6. The van der Waals surface area contributed by atoms with Gasteiger partial charge < -0.3 is 24.8 Å². The van der Waals surface area contributed by atoms with Crippen LogP contribution in [0.25, 0.3) is 0 Å². The summed E-state index contributed by atoms with van der Waals surface area (Å²) in [6.45, 7) is 4.57. The van der Waals surface area contributed by atoms with E-state index in [9.17, 15) is 14.4 Å². The molecule has 2 N–H and O–H groups in total. The average Bonchev–Trinajstić information content (AvgIpc) is 2.84. The van der Waals surface area contributed by atoms with Crippen molar-refractivity contribution in [2.24, 2.45) is 0 Å². The summed E-state index contributed by atoms with van der Waals surface area (Å²) in [6, 6.07) is 20.2. The number of carbonyl (C=O) groups excluding carboxylic acids is 3. The minimum Gasteiger partial charge on any atom is -0.494 e. The fourth-order valence-corrected chi connectivity index (χ4v) is 3.06. The highest BCUT2D eigenvalue weighted by Crippen LogP contribution is 2.19. The van der Waals surface area contributed by atoms with Crippen molar-refractivity contribution in [2.75, 3.05) is 18.5 Å². The lowest BCUT2D eigenvalue weighted by Crippen LogP contribution is -2.24. The molecular weight excluding hydrogens is 436 g/mol. The Kier molecular flexibility index (Phi) is 8.62. The van der Waals surface area contributed by atoms with Gasteiger partial charge in [0.25, 0.3) is 11.8 Å². The molecule has 0 heterocycles. The van der Waals surface area contributed by atoms with E-state index in [1.807, 2.05) is 19.1 Å². The zero-order valence-electron chi connectivity index (χ0n) is 19.0. The normalized spacial score (nSPS) is 10.2. The van der Waals surface area contributed by atoms with Crippen LogP contribution in [-0.4, -0.2) is 31.2 Å². The number of benzene rings is 3. The fourth-order valence-electron chi connectivity index (χ4n) is 3.06. The minimum atomic E-state index is -0.805. The van der Waals surface area contributed by atoms with Crippen molar-refractivity contribution in [3.05, 3.63) is 89.5 Å². The van der Waals surface area contributed by atoms with Crippen LogP contribution < -0.4 is 20.1 Å². The van der Waals surface area contributed by atoms with E-state index >= 15 is 0 Å². The predicted molar refractivity (Wildman–Crippen MR) is 127 cm³/mol. The lowest BCUT2D eigenvalue weighted by molar-refractivity contribution is 0.0949. The number of rotatable bonds is 9. The predicted octanol–water partition coefficient (Wildman–Crippen LogP) is 4.80. The zero-order valence-corrected chi connectivity index (χ0v) is 19.0. The molecule has 0 radical (unpaired) electrons. The summed E-state index contributed by atoms with van der Waals surface area (Å²) >= 11 is 0. The number of carbonyl (C=O) groups is 3. The molecule has 2 amide bonds. The molecule has 0 aliphatic rings. The van der Waals surface area contributed by atoms with Crippen molar-refractivity contribution in [1.29, 1.82) is 0 Å². The van der Waals surface area contributed by atoms with Crippen LogP contribution in [0.15, 0.2) is 72.8 Å². The van der Waals surface area contributed by atoms with Crippen molar-refractivity contribution in [3.8, 4) is 11.5 Å². The Morgan fingerprint density at radius 2 is 1.35 bits per heavy atom. The molecule has 3 aromatic carbocycles. The van der Waals surface area contributed by atoms with Gasteiger partial charge in [-0.3, -0.25) is 9.59 Å². The van der Waals surface area contributed by atoms with Gasteiger partial charge in [0, 0.05) is 23.4 Å². The van der Waals surface area contributed by atoms with Gasteiger partial charge in [0.1, 0.15) is 11.5 Å². The van der Waals surface area contributed by atoms with Gasteiger partial charge in [0.15, 0.2) is 0 Å². The van der Waals surface area contributed by atoms with Crippen LogP contribution in [0.5, 0.6) is 11.5 Å². The first-order chi connectivity index (χ1) is 16.5. The Labute approximate surface area is 197 Å². The molecule has 0 spiro atoms. The Morgan fingerprint density at radius 1 is 0.735 bits per heavy atom. The molecule has 176 valence electrons. The molecule has 34 heavy (non-hydrogen) atoms. The SMILES string of the molecule is CCOC(=O)Oc1ccc(C(=O)Nc2ccccc2CNC(=O)c2ccc(OCC)cc2)cc1. The first kappa shape index (κ1) is 24.3. The van der Waals surface area contributed by atoms with Crippen LogP contribution in [0.1, 0.15) is 40.1 Å². The smallest absolute Gasteiger partial charge is 0.494 e. The Balaban J connectivity index is 1.60. The van der Waals surface area contributed by atoms with E-state index in [-0.39, 0.29) is 30.7 Å². The van der Waals surface area contributed by atoms with Gasteiger partial charge in [0.2, 0.25) is 0 Å². The van der Waals surface area contributed by atoms with E-state index in [0.29, 0.717) is 29.2 Å². The van der Waals surface area contributed by atoms with Crippen molar-refractivity contribution < 1.29 is 28.6 Å². The monoisotopic (exact) mass is 462 g/mol. The molecule has 0 fully saturated rings. The van der Waals surface area contributed by atoms with E-state index in [4.69, 9.17) is 14.2 Å². The van der Waals surface area contributed by atoms with Crippen LogP contribution in [0, 0.1) is 0 Å². The highest BCUT2D eigenvalue weighted by molar-refractivity contribution is 6.04. The molecule has 0 bridgehead atoms. The lowest BCUT2D eigenvalue weighted by Gasteiger charge is -2.13. The lowest BCUT2D eigenvalue weighted by atomic mass is 10.1. The quantitative estimate of drug-likeness (QED) is 0.350. The number of hydrogen-bond acceptors (Lipinski definition) is 6. The highest BCUT2D eigenvalue weighted by atomic mass is 16.7. The molecule has 0 saturated carbocycles. The second kappa shape index (κ2) is 12.1. The first-order valence-corrected chi connectivity index (χ1v) is 10.8. The van der Waals surface area contributed by atoms with Gasteiger partial charge in [-0.15, -0.1) is 0 Å². The summed E-state index contributed by atoms with van der Waals surface area (Å²) in [5, 5.41) is 5.72. The molecule has 0 aliphatic carbocycles. The van der Waals surface area contributed by atoms with E-state index in [1.54, 1.807) is 55.5 Å². The van der Waals surface area contributed by atoms with Crippen molar-refractivity contribution in [2.45, 2.75) is 20.4 Å². The summed E-state index contributed by atoms with van der Waals surface area (Å²) in [4.78, 5) is 36.6. The van der Waals surface area contributed by atoms with Crippen LogP contribution in [0.4, 0.5) is 10.5 Å². The van der Waals surface area contributed by atoms with Crippen LogP contribution in [0.2, 0.25) is 0 Å². The Bertz CT molecular complexity index is 1130. The second-order valence-corrected chi connectivity index (χ2v) is 7.06. The Hall–Kier alpha value is -4.33. The topological polar surface area (TPSA) is 103 Å². The molecule has 0 aromatic heterocycles. The molecule has 0 atom stereocenters. The maximum absolute atomic E-state index is 12.7. The summed E-state index contributed by atoms with van der Waals surface area (Å²) in [6.07, 6.45) is -0.805. The molecule has 8 nitrogen and oxygen atoms in total. The molecule has 0 saturated heterocycles. The zero-order chi connectivity index (χ0) is 24.3. The molecule has 0 aliphatic heterocycles. The van der Waals surface area contributed by atoms with Gasteiger partial charge in [-0.05, 0) is 74.0 Å². The van der Waals surface area contributed by atoms with Crippen LogP contribution >= 0.6 is 0 Å². The van der Waals surface area contributed by atoms with E-state index in [0.717, 1.165) is 5.56 Å². The highest BCUT2D eigenvalue weighted by Gasteiger charge is 2.12. The van der Waals surface area contributed by atoms with Gasteiger partial charge in [-0.1, -0.05) is 18.2 Å². The van der Waals surface area contributed by atoms with E-state index < -0.39 is 6.16 Å². The summed E-state index contributed by atoms with van der Waals surface area (Å²) in [7, 11) is 0. The number of anilines is 1. The van der Waals surface area contributed by atoms with Gasteiger partial charge >= 0.3 is 6.16 Å². The van der Waals surface area contributed by atoms with Gasteiger partial charge in [-0.25, -0.2) is 4.79 Å². The second-order valence-electron chi connectivity index (χ2n) is 7.06. The number of amides is 2. The molecule has 0 unspecified atom stereocenters. The van der Waals surface area contributed by atoms with Crippen LogP contribution in [-0.2, 0) is 11.3 Å². The van der Waals surface area contributed by atoms with Gasteiger partial charge in [-0.2, -0.15) is 0 Å². The minimum absolute atomic E-state index is 0.208. The Morgan fingerprint density at radius 3 is 2.00 bits per heavy atom. The number of ether oxygens (including phenoxy) is 3. The van der Waals surface area contributed by atoms with E-state index in [1.165, 1.54) is 12.1 Å². The third-order valence-corrected chi connectivity index (χ3v) is 4.71. The standard InChI is InChI=1S/C26H26N2O6/c1-3-32-21-13-9-18(10-14-21)24(29)27-17-20-7-5-6-8-23(20)28-25(30)19-11-15-22(16-12-19)34-26(31)33-4-2/h5-16H,3-4,17H2,1-2H3,(H,27,29)(H,28,30). The van der Waals surface area contributed by atoms with Crippen molar-refractivity contribution >= 4 is 23.7 Å². The number of nitrogens with one attached hydrogen (secondary N) is 2. The molecule has 3 aromatic rings. The molecule has 3 rings (SSSR count). The van der Waals surface area contributed by atoms with Crippen molar-refractivity contribution in [3.63, 3.8) is 0 Å². The maximum Gasteiger partial charge on any atom is 0.513 e. The van der Waals surface area contributed by atoms with Gasteiger partial charge in [0.05, 0.1) is 13.2 Å². The third-order valence-electron chi connectivity index (χ3n) is 4.71. The summed E-state index contributed by atoms with van der Waals surface area (Å²) in [5.41, 5.74) is 2.21. The largest absolute Gasteiger partial charge is 0.513 e. The number of para-hydroxylation sites is 1. The third kappa shape index (κ3) is 6.83. The van der Waals surface area contributed by atoms with E-state index in [2.05, 4.69) is 10.6 Å². The van der Waals surface area contributed by atoms with Crippen molar-refractivity contribution in [1.82, 2.24) is 5.32 Å². The summed E-state index contributed by atoms with van der Waals surface area (Å²) < 4.78 is 15.1. The molecule has 8 heteroatoms.